The van der Waals surface area contributed by atoms with Gasteiger partial charge in [0, 0.05) is 49.9 Å². The van der Waals surface area contributed by atoms with Gasteiger partial charge in [-0.2, -0.15) is 0 Å². The van der Waals surface area contributed by atoms with Crippen LogP contribution in [-0.4, -0.2) is 4.57 Å². The van der Waals surface area contributed by atoms with Gasteiger partial charge in [-0.3, -0.25) is 0 Å². The SMILES string of the molecule is CC(C)(C)c1ccc2c(c1)-c1cc(N(c3ccc(-c4ccccc4)cc3)c3ccc(-c4ccc(-n5c6ccccc6c6ccccc65)cc4)cc3)ccc1-c1c(ccc3c1oc1ccccc13)-c1cc(C(C)(C)C)ccc1-2. The first kappa shape index (κ1) is 46.4. The van der Waals surface area contributed by atoms with Gasteiger partial charge in [0.15, 0.2) is 0 Å². The average molecular weight is 991 g/mol. The monoisotopic (exact) mass is 990 g/mol. The van der Waals surface area contributed by atoms with Crippen molar-refractivity contribution in [3.63, 3.8) is 0 Å². The summed E-state index contributed by atoms with van der Waals surface area (Å²) >= 11 is 0. The van der Waals surface area contributed by atoms with Crippen molar-refractivity contribution in [1.29, 1.82) is 0 Å². The van der Waals surface area contributed by atoms with E-state index in [9.17, 15) is 0 Å². The molecule has 0 saturated carbocycles. The minimum Gasteiger partial charge on any atom is -0.455 e. The van der Waals surface area contributed by atoms with Gasteiger partial charge in [0.1, 0.15) is 11.2 Å². The molecule has 11 aromatic carbocycles. The maximum absolute atomic E-state index is 7.04. The summed E-state index contributed by atoms with van der Waals surface area (Å²) in [6.45, 7) is 13.9. The van der Waals surface area contributed by atoms with Gasteiger partial charge < -0.3 is 13.9 Å². The van der Waals surface area contributed by atoms with Gasteiger partial charge in [-0.1, -0.05) is 199 Å². The predicted molar refractivity (Wildman–Crippen MR) is 326 cm³/mol. The van der Waals surface area contributed by atoms with Crippen LogP contribution < -0.4 is 4.90 Å². The normalized spacial score (nSPS) is 12.3. The van der Waals surface area contributed by atoms with Crippen LogP contribution in [0.25, 0.3) is 116 Å². The van der Waals surface area contributed by atoms with Crippen molar-refractivity contribution in [2.75, 3.05) is 4.90 Å². The van der Waals surface area contributed by atoms with E-state index in [-0.39, 0.29) is 10.8 Å². The van der Waals surface area contributed by atoms with Gasteiger partial charge in [-0.05, 0) is 168 Å². The van der Waals surface area contributed by atoms with Crippen molar-refractivity contribution in [3.05, 3.63) is 254 Å². The fourth-order valence-corrected chi connectivity index (χ4v) is 12.0. The summed E-state index contributed by atoms with van der Waals surface area (Å²) in [5.41, 5.74) is 25.2. The van der Waals surface area contributed by atoms with Crippen LogP contribution in [-0.2, 0) is 10.8 Å². The molecule has 370 valence electrons. The highest BCUT2D eigenvalue weighted by atomic mass is 16.3. The average Bonchev–Trinajstić information content (AvgIpc) is 4.04. The van der Waals surface area contributed by atoms with Crippen LogP contribution in [0.4, 0.5) is 17.1 Å². The van der Waals surface area contributed by atoms with E-state index < -0.39 is 0 Å². The van der Waals surface area contributed by atoms with Crippen molar-refractivity contribution < 1.29 is 4.42 Å². The lowest BCUT2D eigenvalue weighted by molar-refractivity contribution is 0.590. The molecule has 13 aromatic rings. The molecule has 0 fully saturated rings. The maximum Gasteiger partial charge on any atom is 0.143 e. The van der Waals surface area contributed by atoms with E-state index in [2.05, 4.69) is 294 Å². The number of para-hydroxylation sites is 3. The quantitative estimate of drug-likeness (QED) is 0.166. The summed E-state index contributed by atoms with van der Waals surface area (Å²) in [5.74, 6) is 0. The summed E-state index contributed by atoms with van der Waals surface area (Å²) in [5, 5.41) is 4.77. The molecular weight excluding hydrogens is 933 g/mol. The molecule has 77 heavy (non-hydrogen) atoms. The minimum absolute atomic E-state index is 0.0489. The number of nitrogens with zero attached hydrogens (tertiary/aromatic N) is 2. The molecule has 2 aromatic heterocycles. The molecule has 0 N–H and O–H groups in total. The third-order valence-corrected chi connectivity index (χ3v) is 16.1. The first-order valence-corrected chi connectivity index (χ1v) is 27.0. The van der Waals surface area contributed by atoms with Crippen LogP contribution in [0.2, 0.25) is 0 Å². The molecule has 1 aliphatic carbocycles. The highest BCUT2D eigenvalue weighted by Crippen LogP contribution is 2.54. The van der Waals surface area contributed by atoms with Crippen LogP contribution >= 0.6 is 0 Å². The number of benzene rings is 11. The molecular formula is C74H58N2O. The van der Waals surface area contributed by atoms with Crippen LogP contribution in [0.5, 0.6) is 0 Å². The second-order valence-corrected chi connectivity index (χ2v) is 22.9. The first-order valence-electron chi connectivity index (χ1n) is 27.0. The third-order valence-electron chi connectivity index (χ3n) is 16.1. The first-order chi connectivity index (χ1) is 37.4. The summed E-state index contributed by atoms with van der Waals surface area (Å²) in [6.07, 6.45) is 0. The molecule has 3 nitrogen and oxygen atoms in total. The fourth-order valence-electron chi connectivity index (χ4n) is 12.0. The van der Waals surface area contributed by atoms with Gasteiger partial charge in [-0.15, -0.1) is 0 Å². The topological polar surface area (TPSA) is 21.3 Å². The molecule has 0 atom stereocenters. The Balaban J connectivity index is 0.957. The number of aromatic nitrogens is 1. The van der Waals surface area contributed by atoms with Gasteiger partial charge in [0.25, 0.3) is 0 Å². The molecule has 0 amide bonds. The Bertz CT molecular complexity index is 4370. The molecule has 0 unspecified atom stereocenters. The van der Waals surface area contributed by atoms with Crippen LogP contribution in [0.1, 0.15) is 52.7 Å². The van der Waals surface area contributed by atoms with Gasteiger partial charge >= 0.3 is 0 Å². The maximum atomic E-state index is 7.04. The van der Waals surface area contributed by atoms with Crippen molar-refractivity contribution in [2.45, 2.75) is 52.4 Å². The zero-order valence-electron chi connectivity index (χ0n) is 44.4. The molecule has 2 heterocycles. The number of fused-ring (bicyclic) bond motifs is 15. The number of hydrogen-bond donors (Lipinski definition) is 0. The van der Waals surface area contributed by atoms with E-state index in [4.69, 9.17) is 4.42 Å². The Kier molecular flexibility index (Phi) is 10.7. The van der Waals surface area contributed by atoms with E-state index in [0.717, 1.165) is 72.5 Å². The molecule has 0 aliphatic heterocycles. The molecule has 0 spiro atoms. The van der Waals surface area contributed by atoms with Gasteiger partial charge in [0.05, 0.1) is 11.0 Å². The Morgan fingerprint density at radius 1 is 0.325 bits per heavy atom. The molecule has 0 bridgehead atoms. The zero-order valence-corrected chi connectivity index (χ0v) is 44.4. The lowest BCUT2D eigenvalue weighted by Crippen LogP contribution is -2.13. The second-order valence-electron chi connectivity index (χ2n) is 22.9. The largest absolute Gasteiger partial charge is 0.455 e. The summed E-state index contributed by atoms with van der Waals surface area (Å²) < 4.78 is 9.42. The van der Waals surface area contributed by atoms with Crippen LogP contribution in [0, 0.1) is 0 Å². The van der Waals surface area contributed by atoms with Crippen molar-refractivity contribution >= 4 is 60.8 Å². The van der Waals surface area contributed by atoms with E-state index in [1.54, 1.807) is 0 Å². The Morgan fingerprint density at radius 2 is 0.766 bits per heavy atom. The fraction of sp³-hybridized carbons (Fsp3) is 0.108. The lowest BCUT2D eigenvalue weighted by atomic mass is 9.76. The smallest absolute Gasteiger partial charge is 0.143 e. The molecule has 3 heteroatoms. The highest BCUT2D eigenvalue weighted by molar-refractivity contribution is 6.16. The summed E-state index contributed by atoms with van der Waals surface area (Å²) in [7, 11) is 0. The number of anilines is 3. The standard InChI is InChI=1S/C74H58N2O/c1-73(2,3)51-30-39-57-58-40-31-52(74(4,5)6)45-66(58)67-46-56(38-41-62(67)71-63(65(57)44-51)42-43-64-61-20-12-15-23-70(61)77-72(64)71)75(53-32-24-48(25-33-53)47-16-8-7-9-17-47)54-34-26-49(27-35-54)50-28-36-55(37-29-50)76-68-21-13-10-18-59(68)60-19-11-14-22-69(60)76/h7-46H,1-6H3. The predicted octanol–water partition coefficient (Wildman–Crippen LogP) is 21.1. The van der Waals surface area contributed by atoms with Crippen molar-refractivity contribution in [1.82, 2.24) is 4.57 Å². The van der Waals surface area contributed by atoms with E-state index in [1.165, 1.54) is 71.9 Å². The number of furan rings is 1. The van der Waals surface area contributed by atoms with E-state index >= 15 is 0 Å². The number of hydrogen-bond acceptors (Lipinski definition) is 2. The Morgan fingerprint density at radius 3 is 1.34 bits per heavy atom. The molecule has 0 saturated heterocycles. The highest BCUT2D eigenvalue weighted by Gasteiger charge is 2.30. The minimum atomic E-state index is -0.0857. The van der Waals surface area contributed by atoms with Gasteiger partial charge in [-0.25, -0.2) is 0 Å². The van der Waals surface area contributed by atoms with E-state index in [1.807, 2.05) is 0 Å². The van der Waals surface area contributed by atoms with E-state index in [0.29, 0.717) is 0 Å². The Labute approximate surface area is 451 Å². The Hall–Kier alpha value is -9.18. The van der Waals surface area contributed by atoms with Gasteiger partial charge in [0.2, 0.25) is 0 Å². The zero-order chi connectivity index (χ0) is 52.2. The molecule has 14 rings (SSSR count). The third kappa shape index (κ3) is 7.79. The lowest BCUT2D eigenvalue weighted by Gasteiger charge is -2.30. The summed E-state index contributed by atoms with van der Waals surface area (Å²) in [4.78, 5) is 2.42. The van der Waals surface area contributed by atoms with Crippen LogP contribution in [0.3, 0.4) is 0 Å². The molecule has 0 radical (unpaired) electrons. The van der Waals surface area contributed by atoms with Crippen LogP contribution in [0.15, 0.2) is 247 Å². The van der Waals surface area contributed by atoms with Crippen molar-refractivity contribution in [2.24, 2.45) is 0 Å². The molecule has 1 aliphatic rings. The van der Waals surface area contributed by atoms with Crippen molar-refractivity contribution in [3.8, 4) is 72.4 Å². The number of rotatable bonds is 6. The second kappa shape index (κ2) is 17.7. The summed E-state index contributed by atoms with van der Waals surface area (Å²) in [6, 6.07) is 89.7.